The zero-order valence-electron chi connectivity index (χ0n) is 16.8. The van der Waals surface area contributed by atoms with Gasteiger partial charge in [0.2, 0.25) is 0 Å². The maximum atomic E-state index is 14.9. The van der Waals surface area contributed by atoms with Gasteiger partial charge in [0.1, 0.15) is 0 Å². The average Bonchev–Trinajstić information content (AvgIpc) is 3.16. The van der Waals surface area contributed by atoms with Crippen LogP contribution in [0.4, 0.5) is 19.3 Å². The number of carbonyl (C=O) groups is 2. The number of fused-ring (bicyclic) bond motifs is 4. The summed E-state index contributed by atoms with van der Waals surface area (Å²) >= 11 is 0. The summed E-state index contributed by atoms with van der Waals surface area (Å²) in [6.45, 7) is 4.50. The topological polar surface area (TPSA) is 102 Å². The van der Waals surface area contributed by atoms with E-state index in [0.29, 0.717) is 29.7 Å². The number of rotatable bonds is 6. The van der Waals surface area contributed by atoms with Crippen LogP contribution < -0.4 is 16.0 Å². The standard InChI is InChI=1S/C20H26F2N6O2/c1-2-7-23-19(30)24-13-3-4-14-16(10-13)26-27-17(14)18(29)25-20(21,22)15-11-28-8-5-12(15)6-9-28/h3-4,10,12,15H,2,5-9,11H2,1H3,(H,25,29)(H,26,27)(H2,23,24,30)/t15-/m1/s1. The number of H-pyrrole nitrogens is 1. The number of alkyl halides is 2. The van der Waals surface area contributed by atoms with E-state index < -0.39 is 17.9 Å². The zero-order chi connectivity index (χ0) is 21.3. The Morgan fingerprint density at radius 2 is 2.07 bits per heavy atom. The fourth-order valence-electron chi connectivity index (χ4n) is 4.36. The maximum Gasteiger partial charge on any atom is 0.330 e. The van der Waals surface area contributed by atoms with Crippen LogP contribution in [-0.2, 0) is 0 Å². The fourth-order valence-corrected chi connectivity index (χ4v) is 4.36. The van der Waals surface area contributed by atoms with Crippen molar-refractivity contribution in [1.82, 2.24) is 25.7 Å². The normalized spacial score (nSPS) is 23.4. The number of benzene rings is 1. The van der Waals surface area contributed by atoms with E-state index in [2.05, 4.69) is 20.8 Å². The lowest BCUT2D eigenvalue weighted by molar-refractivity contribution is -0.138. The Morgan fingerprint density at radius 1 is 1.30 bits per heavy atom. The minimum Gasteiger partial charge on any atom is -0.338 e. The van der Waals surface area contributed by atoms with Gasteiger partial charge in [-0.1, -0.05) is 6.92 Å². The summed E-state index contributed by atoms with van der Waals surface area (Å²) in [5.74, 6) is -1.87. The highest BCUT2D eigenvalue weighted by atomic mass is 19.3. The van der Waals surface area contributed by atoms with Crippen LogP contribution in [0.1, 0.15) is 36.7 Å². The van der Waals surface area contributed by atoms with E-state index in [4.69, 9.17) is 0 Å². The smallest absolute Gasteiger partial charge is 0.330 e. The summed E-state index contributed by atoms with van der Waals surface area (Å²) in [5, 5.41) is 14.3. The van der Waals surface area contributed by atoms with E-state index in [9.17, 15) is 18.4 Å². The summed E-state index contributed by atoms with van der Waals surface area (Å²) in [6, 6.07) is 1.15. The Kier molecular flexibility index (Phi) is 5.59. The maximum absolute atomic E-state index is 14.9. The van der Waals surface area contributed by atoms with Crippen molar-refractivity contribution in [2.24, 2.45) is 11.8 Å². The van der Waals surface area contributed by atoms with Gasteiger partial charge < -0.3 is 15.5 Å². The molecule has 0 spiro atoms. The third-order valence-corrected chi connectivity index (χ3v) is 5.97. The van der Waals surface area contributed by atoms with Crippen LogP contribution in [0.3, 0.4) is 0 Å². The Hall–Kier alpha value is -2.75. The highest BCUT2D eigenvalue weighted by Gasteiger charge is 2.50. The monoisotopic (exact) mass is 420 g/mol. The number of aromatic nitrogens is 2. The van der Waals surface area contributed by atoms with Crippen LogP contribution in [0.5, 0.6) is 0 Å². The number of amides is 3. The van der Waals surface area contributed by atoms with Crippen LogP contribution in [0.25, 0.3) is 10.9 Å². The number of urea groups is 1. The zero-order valence-corrected chi connectivity index (χ0v) is 16.8. The molecule has 8 nitrogen and oxygen atoms in total. The second-order valence-corrected chi connectivity index (χ2v) is 8.04. The first-order valence-electron chi connectivity index (χ1n) is 10.3. The van der Waals surface area contributed by atoms with Crippen molar-refractivity contribution in [2.45, 2.75) is 32.2 Å². The van der Waals surface area contributed by atoms with E-state index in [0.717, 1.165) is 32.4 Å². The van der Waals surface area contributed by atoms with Crippen molar-refractivity contribution in [3.63, 3.8) is 0 Å². The van der Waals surface area contributed by atoms with Gasteiger partial charge >= 0.3 is 12.1 Å². The van der Waals surface area contributed by atoms with E-state index in [1.54, 1.807) is 18.2 Å². The largest absolute Gasteiger partial charge is 0.338 e. The number of hydrogen-bond acceptors (Lipinski definition) is 4. The number of carbonyl (C=O) groups excluding carboxylic acids is 2. The molecular formula is C20H26F2N6O2. The molecule has 0 unspecified atom stereocenters. The number of aromatic amines is 1. The highest BCUT2D eigenvalue weighted by Crippen LogP contribution is 2.40. The van der Waals surface area contributed by atoms with Crippen LogP contribution in [0.15, 0.2) is 18.2 Å². The van der Waals surface area contributed by atoms with E-state index in [-0.39, 0.29) is 17.6 Å². The molecule has 2 aromatic rings. The number of nitrogens with one attached hydrogen (secondary N) is 4. The molecular weight excluding hydrogens is 394 g/mol. The number of hydrogen-bond donors (Lipinski definition) is 4. The summed E-state index contributed by atoms with van der Waals surface area (Å²) in [4.78, 5) is 26.4. The molecule has 3 saturated heterocycles. The third kappa shape index (κ3) is 4.09. The van der Waals surface area contributed by atoms with Gasteiger partial charge in [-0.25, -0.2) is 4.79 Å². The molecule has 162 valence electrons. The Morgan fingerprint density at radius 3 is 2.73 bits per heavy atom. The van der Waals surface area contributed by atoms with Gasteiger partial charge in [-0.15, -0.1) is 0 Å². The van der Waals surface area contributed by atoms with E-state index in [1.807, 2.05) is 17.1 Å². The molecule has 1 atom stereocenters. The Labute approximate surface area is 172 Å². The molecule has 0 aliphatic carbocycles. The lowest BCUT2D eigenvalue weighted by atomic mass is 9.77. The molecule has 4 heterocycles. The molecule has 10 heteroatoms. The van der Waals surface area contributed by atoms with Crippen LogP contribution in [0.2, 0.25) is 0 Å². The molecule has 0 radical (unpaired) electrons. The van der Waals surface area contributed by atoms with Crippen molar-refractivity contribution < 1.29 is 18.4 Å². The van der Waals surface area contributed by atoms with Crippen molar-refractivity contribution in [2.75, 3.05) is 31.5 Å². The molecule has 3 aliphatic rings. The third-order valence-electron chi connectivity index (χ3n) is 5.97. The molecule has 3 amide bonds. The Bertz CT molecular complexity index is 939. The van der Waals surface area contributed by atoms with Crippen molar-refractivity contribution in [3.05, 3.63) is 23.9 Å². The lowest BCUT2D eigenvalue weighted by Gasteiger charge is -2.47. The predicted molar refractivity (Wildman–Crippen MR) is 108 cm³/mol. The number of anilines is 1. The first-order valence-corrected chi connectivity index (χ1v) is 10.3. The molecule has 3 fully saturated rings. The van der Waals surface area contributed by atoms with Crippen molar-refractivity contribution in [3.8, 4) is 0 Å². The van der Waals surface area contributed by atoms with Gasteiger partial charge in [-0.05, 0) is 56.5 Å². The van der Waals surface area contributed by atoms with Gasteiger partial charge in [0.25, 0.3) is 5.91 Å². The second kappa shape index (κ2) is 8.17. The molecule has 1 aromatic carbocycles. The fraction of sp³-hybridized carbons (Fsp3) is 0.550. The molecule has 30 heavy (non-hydrogen) atoms. The van der Waals surface area contributed by atoms with Crippen LogP contribution >= 0.6 is 0 Å². The van der Waals surface area contributed by atoms with E-state index in [1.165, 1.54) is 0 Å². The first kappa shape index (κ1) is 20.5. The van der Waals surface area contributed by atoms with Crippen molar-refractivity contribution in [1.29, 1.82) is 0 Å². The molecule has 4 N–H and O–H groups in total. The van der Waals surface area contributed by atoms with E-state index >= 15 is 0 Å². The SMILES string of the molecule is CCCNC(=O)Nc1ccc2c(C(=O)NC(F)(F)[C@@H]3CN4CCC3CC4)n[nH]c2c1. The number of nitrogens with zero attached hydrogens (tertiary/aromatic N) is 2. The van der Waals surface area contributed by atoms with Gasteiger partial charge in [0.15, 0.2) is 5.69 Å². The quantitative estimate of drug-likeness (QED) is 0.540. The average molecular weight is 420 g/mol. The van der Waals surface area contributed by atoms with Gasteiger partial charge in [0.05, 0.1) is 11.4 Å². The van der Waals surface area contributed by atoms with Gasteiger partial charge in [-0.3, -0.25) is 15.2 Å². The molecule has 1 aromatic heterocycles. The summed E-state index contributed by atoms with van der Waals surface area (Å²) in [7, 11) is 0. The van der Waals surface area contributed by atoms with Crippen LogP contribution in [-0.4, -0.2) is 59.3 Å². The molecule has 2 bridgehead atoms. The minimum absolute atomic E-state index is 0.0753. The summed E-state index contributed by atoms with van der Waals surface area (Å²) in [5.41, 5.74) is 0.886. The number of piperidine rings is 3. The van der Waals surface area contributed by atoms with Crippen LogP contribution in [0, 0.1) is 11.8 Å². The summed E-state index contributed by atoms with van der Waals surface area (Å²) < 4.78 is 29.7. The minimum atomic E-state index is -3.30. The highest BCUT2D eigenvalue weighted by molar-refractivity contribution is 6.05. The predicted octanol–water partition coefficient (Wildman–Crippen LogP) is 2.76. The molecule has 0 saturated carbocycles. The van der Waals surface area contributed by atoms with Gasteiger partial charge in [-0.2, -0.15) is 13.9 Å². The summed E-state index contributed by atoms with van der Waals surface area (Å²) in [6.07, 6.45) is 2.29. The first-order chi connectivity index (χ1) is 14.4. The lowest BCUT2D eigenvalue weighted by Crippen LogP contribution is -2.59. The van der Waals surface area contributed by atoms with Crippen molar-refractivity contribution >= 4 is 28.5 Å². The van der Waals surface area contributed by atoms with Gasteiger partial charge in [0, 0.05) is 24.2 Å². The number of halogens is 2. The second-order valence-electron chi connectivity index (χ2n) is 8.04. The Balaban J connectivity index is 1.46. The molecule has 3 aliphatic heterocycles. The molecule has 5 rings (SSSR count).